The number of rotatable bonds is 4. The number of aromatic nitrogens is 1. The zero-order valence-corrected chi connectivity index (χ0v) is 16.9. The first-order valence-corrected chi connectivity index (χ1v) is 10.4. The summed E-state index contributed by atoms with van der Waals surface area (Å²) in [5, 5.41) is 10.9. The minimum atomic E-state index is -0.827. The van der Waals surface area contributed by atoms with Gasteiger partial charge in [-0.05, 0) is 59.7 Å². The molecule has 0 amide bonds. The molecular weight excluding hydrogens is 364 g/mol. The Morgan fingerprint density at radius 2 is 2.14 bits per heavy atom. The van der Waals surface area contributed by atoms with E-state index in [1.807, 2.05) is 6.07 Å². The van der Waals surface area contributed by atoms with Crippen LogP contribution < -0.4 is 4.74 Å². The average Bonchev–Trinajstić information content (AvgIpc) is 3.11. The molecule has 0 bridgehead atoms. The summed E-state index contributed by atoms with van der Waals surface area (Å²) in [6.07, 6.45) is 3.59. The van der Waals surface area contributed by atoms with Gasteiger partial charge in [-0.3, -0.25) is 4.90 Å². The molecule has 150 valence electrons. The summed E-state index contributed by atoms with van der Waals surface area (Å²) in [7, 11) is 1.71. The Hall–Kier alpha value is -2.79. The molecule has 1 unspecified atom stereocenters. The second-order valence-electron chi connectivity index (χ2n) is 8.16. The van der Waals surface area contributed by atoms with Gasteiger partial charge >= 0.3 is 5.97 Å². The number of aryl methyl sites for hydroxylation is 1. The lowest BCUT2D eigenvalue weighted by atomic mass is 9.82. The first-order chi connectivity index (χ1) is 14.1. The number of nitrogens with one attached hydrogen (secondary N) is 1. The van der Waals surface area contributed by atoms with Crippen LogP contribution >= 0.6 is 0 Å². The van der Waals surface area contributed by atoms with E-state index < -0.39 is 5.97 Å². The molecule has 2 aliphatic heterocycles. The van der Waals surface area contributed by atoms with Crippen molar-refractivity contribution >= 4 is 16.9 Å². The van der Waals surface area contributed by atoms with E-state index >= 15 is 0 Å². The Kier molecular flexibility index (Phi) is 4.36. The summed E-state index contributed by atoms with van der Waals surface area (Å²) >= 11 is 0. The number of nitrogens with zero attached hydrogens (tertiary/aromatic N) is 1. The van der Waals surface area contributed by atoms with Crippen LogP contribution in [-0.4, -0.2) is 34.6 Å². The van der Waals surface area contributed by atoms with E-state index in [0.717, 1.165) is 61.1 Å². The Balaban J connectivity index is 1.62. The summed E-state index contributed by atoms with van der Waals surface area (Å²) in [4.78, 5) is 18.0. The lowest BCUT2D eigenvalue weighted by molar-refractivity contribution is 0.0697. The number of aromatic carboxylic acids is 1. The minimum absolute atomic E-state index is 0.344. The van der Waals surface area contributed by atoms with E-state index in [1.54, 1.807) is 7.11 Å². The molecule has 0 radical (unpaired) electrons. The summed E-state index contributed by atoms with van der Waals surface area (Å²) in [5.74, 6) is 0.0864. The molecule has 0 spiro atoms. The highest BCUT2D eigenvalue weighted by molar-refractivity contribution is 6.06. The SMILES string of the molecule is CCCc1[nH]c2ccc3c(c2c1C(=O)O)CN1CCc2cc(OC)ccc2C1C3. The first kappa shape index (κ1) is 18.3. The van der Waals surface area contributed by atoms with Gasteiger partial charge in [0, 0.05) is 35.7 Å². The highest BCUT2D eigenvalue weighted by Gasteiger charge is 2.34. The fourth-order valence-electron chi connectivity index (χ4n) is 5.21. The third-order valence-corrected chi connectivity index (χ3v) is 6.55. The van der Waals surface area contributed by atoms with Gasteiger partial charge in [-0.25, -0.2) is 4.79 Å². The fourth-order valence-corrected chi connectivity index (χ4v) is 5.21. The van der Waals surface area contributed by atoms with Crippen LogP contribution in [0.2, 0.25) is 0 Å². The Morgan fingerprint density at radius 1 is 1.28 bits per heavy atom. The van der Waals surface area contributed by atoms with Crippen molar-refractivity contribution in [3.05, 3.63) is 63.8 Å². The molecule has 0 saturated heterocycles. The first-order valence-electron chi connectivity index (χ1n) is 10.4. The third-order valence-electron chi connectivity index (χ3n) is 6.55. The Labute approximate surface area is 170 Å². The van der Waals surface area contributed by atoms with Gasteiger partial charge in [-0.1, -0.05) is 25.5 Å². The number of hydrogen-bond acceptors (Lipinski definition) is 3. The molecule has 29 heavy (non-hydrogen) atoms. The largest absolute Gasteiger partial charge is 0.497 e. The van der Waals surface area contributed by atoms with Crippen molar-refractivity contribution in [2.45, 2.75) is 45.2 Å². The van der Waals surface area contributed by atoms with E-state index in [2.05, 4.69) is 41.1 Å². The second-order valence-corrected chi connectivity index (χ2v) is 8.16. The van der Waals surface area contributed by atoms with E-state index in [9.17, 15) is 9.90 Å². The summed E-state index contributed by atoms with van der Waals surface area (Å²) in [5.41, 5.74) is 7.47. The number of carbonyl (C=O) groups is 1. The van der Waals surface area contributed by atoms with Crippen molar-refractivity contribution in [1.82, 2.24) is 9.88 Å². The maximum absolute atomic E-state index is 12.1. The van der Waals surface area contributed by atoms with Crippen molar-refractivity contribution in [2.24, 2.45) is 0 Å². The van der Waals surface area contributed by atoms with Gasteiger partial charge in [0.05, 0.1) is 12.7 Å². The quantitative estimate of drug-likeness (QED) is 0.689. The molecule has 2 aliphatic rings. The topological polar surface area (TPSA) is 65.6 Å². The van der Waals surface area contributed by atoms with Crippen LogP contribution in [0.5, 0.6) is 5.75 Å². The lowest BCUT2D eigenvalue weighted by Gasteiger charge is -2.41. The van der Waals surface area contributed by atoms with E-state index in [1.165, 1.54) is 22.3 Å². The van der Waals surface area contributed by atoms with Gasteiger partial charge in [0.1, 0.15) is 5.75 Å². The Morgan fingerprint density at radius 3 is 2.90 bits per heavy atom. The fraction of sp³-hybridized carbons (Fsp3) is 0.375. The third kappa shape index (κ3) is 2.84. The second kappa shape index (κ2) is 6.92. The monoisotopic (exact) mass is 390 g/mol. The van der Waals surface area contributed by atoms with Gasteiger partial charge < -0.3 is 14.8 Å². The molecule has 5 nitrogen and oxygen atoms in total. The molecular formula is C24H26N2O3. The van der Waals surface area contributed by atoms with Gasteiger partial charge in [0.2, 0.25) is 0 Å². The average molecular weight is 390 g/mol. The molecule has 3 heterocycles. The standard InChI is InChI=1S/C24H26N2O3/c1-3-4-19-23(24(27)28)22-18-13-26-10-9-15-11-16(29-2)6-7-17(15)21(26)12-14(18)5-8-20(22)25-19/h5-8,11,21,25H,3-4,9-10,12-13H2,1-2H3,(H,27,28). The molecule has 5 heteroatoms. The lowest BCUT2D eigenvalue weighted by Crippen LogP contribution is -2.39. The zero-order valence-electron chi connectivity index (χ0n) is 16.9. The van der Waals surface area contributed by atoms with Gasteiger partial charge in [-0.15, -0.1) is 0 Å². The molecule has 0 fully saturated rings. The number of H-pyrrole nitrogens is 1. The number of fused-ring (bicyclic) bond motifs is 6. The van der Waals surface area contributed by atoms with E-state index in [4.69, 9.17) is 4.74 Å². The maximum atomic E-state index is 12.1. The van der Waals surface area contributed by atoms with Crippen LogP contribution in [0.15, 0.2) is 30.3 Å². The molecule has 2 N–H and O–H groups in total. The number of carboxylic acids is 1. The van der Waals surface area contributed by atoms with Gasteiger partial charge in [0.15, 0.2) is 0 Å². The number of benzene rings is 2. The number of aromatic amines is 1. The van der Waals surface area contributed by atoms with E-state index in [-0.39, 0.29) is 0 Å². The highest BCUT2D eigenvalue weighted by Crippen LogP contribution is 2.42. The number of carboxylic acid groups (broad SMARTS) is 1. The molecule has 5 rings (SSSR count). The predicted octanol–water partition coefficient (Wildman–Crippen LogP) is 4.48. The van der Waals surface area contributed by atoms with Crippen molar-refractivity contribution in [3.8, 4) is 5.75 Å². The predicted molar refractivity (Wildman–Crippen MR) is 113 cm³/mol. The van der Waals surface area contributed by atoms with E-state index in [0.29, 0.717) is 11.6 Å². The molecule has 2 aromatic carbocycles. The molecule has 0 saturated carbocycles. The molecule has 1 aromatic heterocycles. The summed E-state index contributed by atoms with van der Waals surface area (Å²) < 4.78 is 5.41. The zero-order chi connectivity index (χ0) is 20.1. The summed E-state index contributed by atoms with van der Waals surface area (Å²) in [6, 6.07) is 11.0. The number of ether oxygens (including phenoxy) is 1. The molecule has 0 aliphatic carbocycles. The van der Waals surface area contributed by atoms with Crippen LogP contribution in [-0.2, 0) is 25.8 Å². The number of hydrogen-bond donors (Lipinski definition) is 2. The smallest absolute Gasteiger partial charge is 0.338 e. The van der Waals surface area contributed by atoms with Crippen LogP contribution in [0.1, 0.15) is 57.7 Å². The van der Waals surface area contributed by atoms with Crippen LogP contribution in [0.3, 0.4) is 0 Å². The van der Waals surface area contributed by atoms with Crippen molar-refractivity contribution in [3.63, 3.8) is 0 Å². The normalized spacial score (nSPS) is 18.2. The maximum Gasteiger partial charge on any atom is 0.338 e. The highest BCUT2D eigenvalue weighted by atomic mass is 16.5. The molecule has 1 atom stereocenters. The number of methoxy groups -OCH3 is 1. The minimum Gasteiger partial charge on any atom is -0.497 e. The van der Waals surface area contributed by atoms with Crippen LogP contribution in [0, 0.1) is 0 Å². The van der Waals surface area contributed by atoms with Crippen molar-refractivity contribution in [1.29, 1.82) is 0 Å². The van der Waals surface area contributed by atoms with Crippen LogP contribution in [0.25, 0.3) is 10.9 Å². The van der Waals surface area contributed by atoms with Gasteiger partial charge in [-0.2, -0.15) is 0 Å². The Bertz CT molecular complexity index is 1120. The van der Waals surface area contributed by atoms with Crippen molar-refractivity contribution < 1.29 is 14.6 Å². The van der Waals surface area contributed by atoms with Crippen molar-refractivity contribution in [2.75, 3.05) is 13.7 Å². The summed E-state index contributed by atoms with van der Waals surface area (Å²) in [6.45, 7) is 3.86. The van der Waals surface area contributed by atoms with Gasteiger partial charge in [0.25, 0.3) is 0 Å². The molecule has 3 aromatic rings. The van der Waals surface area contributed by atoms with Crippen LogP contribution in [0.4, 0.5) is 0 Å².